The molecule has 6 heteroatoms. The Morgan fingerprint density at radius 3 is 2.00 bits per heavy atom. The third-order valence-electron chi connectivity index (χ3n) is 3.35. The molecular formula is C12H24N4O2. The molecule has 6 nitrogen and oxygen atoms in total. The summed E-state index contributed by atoms with van der Waals surface area (Å²) in [5, 5.41) is 6.42. The first kappa shape index (κ1) is 14.9. The van der Waals surface area contributed by atoms with Crippen LogP contribution in [0, 0.1) is 0 Å². The zero-order valence-corrected chi connectivity index (χ0v) is 10.8. The van der Waals surface area contributed by atoms with Crippen molar-refractivity contribution in [2.45, 2.75) is 50.6 Å². The average Bonchev–Trinajstić information content (AvgIpc) is 2.41. The molecule has 1 heterocycles. The lowest BCUT2D eigenvalue weighted by Gasteiger charge is -2.32. The molecule has 1 rings (SSSR count). The molecule has 0 saturated carbocycles. The lowest BCUT2D eigenvalue weighted by atomic mass is 10.0. The highest BCUT2D eigenvalue weighted by Gasteiger charge is 2.35. The van der Waals surface area contributed by atoms with Crippen molar-refractivity contribution in [1.82, 2.24) is 10.6 Å². The summed E-state index contributed by atoms with van der Waals surface area (Å²) in [6.45, 7) is 1.51. The molecular weight excluding hydrogens is 232 g/mol. The van der Waals surface area contributed by atoms with Gasteiger partial charge in [-0.25, -0.2) is 0 Å². The minimum atomic E-state index is -0.889. The van der Waals surface area contributed by atoms with Gasteiger partial charge in [0.1, 0.15) is 5.66 Å². The average molecular weight is 256 g/mol. The van der Waals surface area contributed by atoms with E-state index in [1.807, 2.05) is 0 Å². The molecule has 0 aromatic heterocycles. The predicted molar refractivity (Wildman–Crippen MR) is 69.4 cm³/mol. The fourth-order valence-corrected chi connectivity index (χ4v) is 2.27. The molecule has 1 fully saturated rings. The second kappa shape index (κ2) is 7.33. The van der Waals surface area contributed by atoms with E-state index in [2.05, 4.69) is 10.6 Å². The Hall–Kier alpha value is -1.14. The maximum absolute atomic E-state index is 11.7. The summed E-state index contributed by atoms with van der Waals surface area (Å²) >= 11 is 0. The molecule has 0 unspecified atom stereocenters. The highest BCUT2D eigenvalue weighted by atomic mass is 16.2. The molecule has 0 aliphatic carbocycles. The van der Waals surface area contributed by atoms with Gasteiger partial charge in [0.2, 0.25) is 5.91 Å². The Labute approximate surface area is 108 Å². The van der Waals surface area contributed by atoms with E-state index in [0.717, 1.165) is 38.8 Å². The molecule has 18 heavy (non-hydrogen) atoms. The zero-order valence-electron chi connectivity index (χ0n) is 10.8. The van der Waals surface area contributed by atoms with Crippen LogP contribution in [0.2, 0.25) is 0 Å². The van der Waals surface area contributed by atoms with E-state index in [4.69, 9.17) is 11.5 Å². The van der Waals surface area contributed by atoms with Crippen LogP contribution in [0.15, 0.2) is 0 Å². The van der Waals surface area contributed by atoms with Gasteiger partial charge in [-0.2, -0.15) is 0 Å². The fraction of sp³-hybridized carbons (Fsp3) is 0.833. The van der Waals surface area contributed by atoms with E-state index in [9.17, 15) is 9.59 Å². The van der Waals surface area contributed by atoms with Crippen molar-refractivity contribution in [2.75, 3.05) is 13.1 Å². The monoisotopic (exact) mass is 256 g/mol. The third kappa shape index (κ3) is 4.62. The molecule has 6 N–H and O–H groups in total. The maximum atomic E-state index is 11.7. The van der Waals surface area contributed by atoms with Crippen molar-refractivity contribution < 1.29 is 9.59 Å². The topological polar surface area (TPSA) is 110 Å². The van der Waals surface area contributed by atoms with Crippen molar-refractivity contribution in [3.05, 3.63) is 0 Å². The molecule has 0 spiro atoms. The number of nitrogens with two attached hydrogens (primary N) is 2. The number of rotatable bonds is 5. The van der Waals surface area contributed by atoms with Gasteiger partial charge in [-0.05, 0) is 38.8 Å². The van der Waals surface area contributed by atoms with Crippen LogP contribution in [0.1, 0.15) is 44.9 Å². The van der Waals surface area contributed by atoms with Crippen molar-refractivity contribution in [2.24, 2.45) is 11.5 Å². The summed E-state index contributed by atoms with van der Waals surface area (Å²) in [6.07, 6.45) is 5.70. The van der Waals surface area contributed by atoms with Gasteiger partial charge in [-0.15, -0.1) is 0 Å². The van der Waals surface area contributed by atoms with Crippen LogP contribution >= 0.6 is 0 Å². The minimum Gasteiger partial charge on any atom is -0.370 e. The number of carbonyl (C=O) groups is 2. The fourth-order valence-electron chi connectivity index (χ4n) is 2.27. The molecule has 0 aromatic carbocycles. The van der Waals surface area contributed by atoms with Crippen LogP contribution in [0.25, 0.3) is 0 Å². The Morgan fingerprint density at radius 2 is 1.56 bits per heavy atom. The van der Waals surface area contributed by atoms with Crippen LogP contribution in [0.3, 0.4) is 0 Å². The largest absolute Gasteiger partial charge is 0.370 e. The number of carbonyl (C=O) groups excluding carboxylic acids is 2. The lowest BCUT2D eigenvalue weighted by Crippen LogP contribution is -2.65. The van der Waals surface area contributed by atoms with Crippen molar-refractivity contribution in [3.8, 4) is 0 Å². The first-order valence-electron chi connectivity index (χ1n) is 6.65. The van der Waals surface area contributed by atoms with E-state index < -0.39 is 11.6 Å². The van der Waals surface area contributed by atoms with Crippen LogP contribution < -0.4 is 22.1 Å². The molecule has 0 aromatic rings. The highest BCUT2D eigenvalue weighted by Crippen LogP contribution is 2.14. The lowest BCUT2D eigenvalue weighted by molar-refractivity contribution is -0.126. The van der Waals surface area contributed by atoms with Gasteiger partial charge < -0.3 is 11.5 Å². The van der Waals surface area contributed by atoms with Crippen molar-refractivity contribution >= 4 is 11.8 Å². The number of hydrogen-bond donors (Lipinski definition) is 4. The second-order valence-electron chi connectivity index (χ2n) is 4.86. The first-order valence-corrected chi connectivity index (χ1v) is 6.65. The first-order chi connectivity index (χ1) is 8.57. The standard InChI is InChI=1S/C12H24N4O2/c13-10(17)6-5-7-12(11(14)18)15-8-3-1-2-4-9-16-12/h15-16H,1-9H2,(H2,13,17)(H2,14,18). The Bertz CT molecular complexity index is 284. The Morgan fingerprint density at radius 1 is 1.00 bits per heavy atom. The number of amides is 2. The minimum absolute atomic E-state index is 0.276. The van der Waals surface area contributed by atoms with Crippen LogP contribution in [-0.4, -0.2) is 30.6 Å². The molecule has 0 atom stereocenters. The van der Waals surface area contributed by atoms with Crippen LogP contribution in [0.4, 0.5) is 0 Å². The second-order valence-corrected chi connectivity index (χ2v) is 4.86. The predicted octanol–water partition coefficient (Wildman–Crippen LogP) is -0.423. The van der Waals surface area contributed by atoms with Crippen LogP contribution in [-0.2, 0) is 9.59 Å². The Balaban J connectivity index is 2.62. The van der Waals surface area contributed by atoms with Gasteiger partial charge >= 0.3 is 0 Å². The van der Waals surface area contributed by atoms with E-state index in [1.165, 1.54) is 0 Å². The normalized spacial score (nSPS) is 20.4. The SMILES string of the molecule is NC(=O)CCCC1(C(N)=O)NCCCCCCN1. The number of hydrogen-bond acceptors (Lipinski definition) is 4. The molecule has 2 amide bonds. The Kier molecular flexibility index (Phi) is 6.07. The summed E-state index contributed by atoms with van der Waals surface area (Å²) in [4.78, 5) is 22.5. The summed E-state index contributed by atoms with van der Waals surface area (Å²) < 4.78 is 0. The zero-order chi connectivity index (χ0) is 13.4. The van der Waals surface area contributed by atoms with E-state index in [-0.39, 0.29) is 12.3 Å². The van der Waals surface area contributed by atoms with Gasteiger partial charge in [0.05, 0.1) is 0 Å². The van der Waals surface area contributed by atoms with Crippen molar-refractivity contribution in [1.29, 1.82) is 0 Å². The summed E-state index contributed by atoms with van der Waals surface area (Å²) in [5.41, 5.74) is 9.73. The molecule has 1 aliphatic rings. The smallest absolute Gasteiger partial charge is 0.252 e. The number of nitrogens with one attached hydrogen (secondary N) is 2. The quantitative estimate of drug-likeness (QED) is 0.535. The molecule has 1 aliphatic heterocycles. The molecule has 0 radical (unpaired) electrons. The summed E-state index contributed by atoms with van der Waals surface area (Å²) in [7, 11) is 0. The summed E-state index contributed by atoms with van der Waals surface area (Å²) in [5.74, 6) is -0.758. The maximum Gasteiger partial charge on any atom is 0.252 e. The highest BCUT2D eigenvalue weighted by molar-refractivity contribution is 5.84. The van der Waals surface area contributed by atoms with Gasteiger partial charge in [-0.1, -0.05) is 12.8 Å². The van der Waals surface area contributed by atoms with E-state index in [0.29, 0.717) is 12.8 Å². The third-order valence-corrected chi connectivity index (χ3v) is 3.35. The van der Waals surface area contributed by atoms with Gasteiger partial charge in [0, 0.05) is 6.42 Å². The summed E-state index contributed by atoms with van der Waals surface area (Å²) in [6, 6.07) is 0. The number of primary amides is 2. The van der Waals surface area contributed by atoms with Gasteiger partial charge in [0.15, 0.2) is 0 Å². The van der Waals surface area contributed by atoms with Crippen LogP contribution in [0.5, 0.6) is 0 Å². The van der Waals surface area contributed by atoms with Gasteiger partial charge in [-0.3, -0.25) is 20.2 Å². The van der Waals surface area contributed by atoms with E-state index in [1.54, 1.807) is 0 Å². The molecule has 0 bridgehead atoms. The molecule has 104 valence electrons. The van der Waals surface area contributed by atoms with Crippen molar-refractivity contribution in [3.63, 3.8) is 0 Å². The molecule has 1 saturated heterocycles. The van der Waals surface area contributed by atoms with E-state index >= 15 is 0 Å². The van der Waals surface area contributed by atoms with Gasteiger partial charge in [0.25, 0.3) is 5.91 Å².